The molecule has 24 heavy (non-hydrogen) atoms. The number of aromatic nitrogens is 2. The molecule has 0 unspecified atom stereocenters. The first-order chi connectivity index (χ1) is 11.7. The molecule has 1 aliphatic carbocycles. The molecule has 0 atom stereocenters. The maximum Gasteiger partial charge on any atom is 0.258 e. The van der Waals surface area contributed by atoms with Gasteiger partial charge in [0.25, 0.3) is 5.91 Å². The van der Waals surface area contributed by atoms with Crippen molar-refractivity contribution in [3.63, 3.8) is 0 Å². The van der Waals surface area contributed by atoms with Gasteiger partial charge in [0.2, 0.25) is 0 Å². The highest BCUT2D eigenvalue weighted by molar-refractivity contribution is 7.10. The van der Waals surface area contributed by atoms with Crippen LogP contribution in [0, 0.1) is 6.92 Å². The number of hydrogen-bond acceptors (Lipinski definition) is 4. The van der Waals surface area contributed by atoms with E-state index in [1.165, 1.54) is 24.4 Å². The van der Waals surface area contributed by atoms with Crippen molar-refractivity contribution in [3.8, 4) is 11.3 Å². The summed E-state index contributed by atoms with van der Waals surface area (Å²) in [4.78, 5) is 17.1. The number of nitrogens with one attached hydrogen (secondary N) is 1. The highest BCUT2D eigenvalue weighted by atomic mass is 32.1. The van der Waals surface area contributed by atoms with E-state index < -0.39 is 0 Å². The van der Waals surface area contributed by atoms with Gasteiger partial charge in [-0.1, -0.05) is 30.3 Å². The van der Waals surface area contributed by atoms with Gasteiger partial charge in [-0.05, 0) is 43.4 Å². The SMILES string of the molecule is Cc1nc(C2CC2)ccc1C(=O)Nc1cc(-c2ccccc2)ns1. The molecule has 2 heterocycles. The second-order valence-electron chi connectivity index (χ2n) is 6.04. The van der Waals surface area contributed by atoms with Gasteiger partial charge in [0.1, 0.15) is 5.00 Å². The second kappa shape index (κ2) is 6.17. The lowest BCUT2D eigenvalue weighted by Crippen LogP contribution is -2.13. The Kier molecular flexibility index (Phi) is 3.86. The van der Waals surface area contributed by atoms with Crippen LogP contribution in [-0.4, -0.2) is 15.3 Å². The number of rotatable bonds is 4. The van der Waals surface area contributed by atoms with Gasteiger partial charge in [0.05, 0.1) is 17.0 Å². The van der Waals surface area contributed by atoms with Gasteiger partial charge in [-0.3, -0.25) is 9.78 Å². The molecule has 0 saturated heterocycles. The summed E-state index contributed by atoms with van der Waals surface area (Å²) in [5.41, 5.74) is 4.42. The molecule has 4 rings (SSSR count). The molecule has 0 radical (unpaired) electrons. The zero-order valence-electron chi connectivity index (χ0n) is 13.3. The summed E-state index contributed by atoms with van der Waals surface area (Å²) in [6.45, 7) is 1.89. The Morgan fingerprint density at radius 1 is 1.17 bits per heavy atom. The largest absolute Gasteiger partial charge is 0.312 e. The predicted octanol–water partition coefficient (Wildman–Crippen LogP) is 4.64. The first-order valence-corrected chi connectivity index (χ1v) is 8.79. The van der Waals surface area contributed by atoms with Gasteiger partial charge >= 0.3 is 0 Å². The molecule has 1 saturated carbocycles. The summed E-state index contributed by atoms with van der Waals surface area (Å²) in [5.74, 6) is 0.460. The minimum atomic E-state index is -0.134. The second-order valence-corrected chi connectivity index (χ2v) is 6.84. The molecule has 1 aromatic carbocycles. The first kappa shape index (κ1) is 15.0. The highest BCUT2D eigenvalue weighted by Gasteiger charge is 2.25. The van der Waals surface area contributed by atoms with E-state index in [4.69, 9.17) is 0 Å². The fraction of sp³-hybridized carbons (Fsp3) is 0.211. The topological polar surface area (TPSA) is 54.9 Å². The Morgan fingerprint density at radius 2 is 1.96 bits per heavy atom. The normalized spacial score (nSPS) is 13.7. The van der Waals surface area contributed by atoms with Crippen LogP contribution in [0.5, 0.6) is 0 Å². The molecule has 2 aromatic heterocycles. The smallest absolute Gasteiger partial charge is 0.258 e. The van der Waals surface area contributed by atoms with Crippen molar-refractivity contribution < 1.29 is 4.79 Å². The summed E-state index contributed by atoms with van der Waals surface area (Å²) in [7, 11) is 0. The number of benzene rings is 1. The lowest BCUT2D eigenvalue weighted by molar-refractivity contribution is 0.102. The average Bonchev–Trinajstić information content (AvgIpc) is 3.35. The van der Waals surface area contributed by atoms with E-state index in [1.807, 2.05) is 55.5 Å². The van der Waals surface area contributed by atoms with Crippen molar-refractivity contribution in [2.45, 2.75) is 25.7 Å². The molecule has 1 N–H and O–H groups in total. The highest BCUT2D eigenvalue weighted by Crippen LogP contribution is 2.39. The van der Waals surface area contributed by atoms with E-state index in [0.717, 1.165) is 27.6 Å². The Balaban J connectivity index is 1.51. The third-order valence-corrected chi connectivity index (χ3v) is 4.87. The molecule has 0 bridgehead atoms. The number of amides is 1. The zero-order valence-corrected chi connectivity index (χ0v) is 14.1. The molecule has 5 heteroatoms. The van der Waals surface area contributed by atoms with Crippen molar-refractivity contribution >= 4 is 22.4 Å². The van der Waals surface area contributed by atoms with E-state index in [9.17, 15) is 4.79 Å². The quantitative estimate of drug-likeness (QED) is 0.755. The van der Waals surface area contributed by atoms with Gasteiger partial charge < -0.3 is 5.32 Å². The Bertz CT molecular complexity index is 885. The Hall–Kier alpha value is -2.53. The Morgan fingerprint density at radius 3 is 2.67 bits per heavy atom. The van der Waals surface area contributed by atoms with Crippen LogP contribution < -0.4 is 5.32 Å². The van der Waals surface area contributed by atoms with Crippen LogP contribution in [0.15, 0.2) is 48.5 Å². The van der Waals surface area contributed by atoms with Crippen molar-refractivity contribution in [2.75, 3.05) is 5.32 Å². The van der Waals surface area contributed by atoms with E-state index in [1.54, 1.807) is 0 Å². The van der Waals surface area contributed by atoms with Crippen molar-refractivity contribution in [3.05, 3.63) is 65.5 Å². The van der Waals surface area contributed by atoms with Crippen molar-refractivity contribution in [1.82, 2.24) is 9.36 Å². The van der Waals surface area contributed by atoms with Crippen LogP contribution in [0.4, 0.5) is 5.00 Å². The number of carbonyl (C=O) groups excluding carboxylic acids is 1. The molecule has 0 spiro atoms. The minimum absolute atomic E-state index is 0.134. The molecule has 3 aromatic rings. The number of nitrogens with zero attached hydrogens (tertiary/aromatic N) is 2. The summed E-state index contributed by atoms with van der Waals surface area (Å²) in [6.07, 6.45) is 2.42. The fourth-order valence-electron chi connectivity index (χ4n) is 2.69. The molecule has 1 fully saturated rings. The third kappa shape index (κ3) is 3.08. The van der Waals surface area contributed by atoms with Gasteiger partial charge in [0, 0.05) is 23.2 Å². The van der Waals surface area contributed by atoms with Crippen LogP contribution >= 0.6 is 11.5 Å². The summed E-state index contributed by atoms with van der Waals surface area (Å²) >= 11 is 1.29. The van der Waals surface area contributed by atoms with Crippen LogP contribution in [0.3, 0.4) is 0 Å². The lowest BCUT2D eigenvalue weighted by Gasteiger charge is -2.07. The monoisotopic (exact) mass is 335 g/mol. The zero-order chi connectivity index (χ0) is 16.5. The predicted molar refractivity (Wildman–Crippen MR) is 96.5 cm³/mol. The standard InChI is InChI=1S/C19H17N3OS/c1-12-15(9-10-16(20-12)14-7-8-14)19(23)21-18-11-17(22-24-18)13-5-3-2-4-6-13/h2-6,9-11,14H,7-8H2,1H3,(H,21,23). The van der Waals surface area contributed by atoms with E-state index >= 15 is 0 Å². The molecular weight excluding hydrogens is 318 g/mol. The van der Waals surface area contributed by atoms with E-state index in [2.05, 4.69) is 14.7 Å². The maximum atomic E-state index is 12.5. The summed E-state index contributed by atoms with van der Waals surface area (Å²) < 4.78 is 4.41. The summed E-state index contributed by atoms with van der Waals surface area (Å²) in [6, 6.07) is 15.7. The van der Waals surface area contributed by atoms with Crippen LogP contribution in [-0.2, 0) is 0 Å². The minimum Gasteiger partial charge on any atom is -0.312 e. The number of hydrogen-bond donors (Lipinski definition) is 1. The summed E-state index contributed by atoms with van der Waals surface area (Å²) in [5, 5.41) is 3.67. The molecule has 120 valence electrons. The van der Waals surface area contributed by atoms with Gasteiger partial charge in [-0.25, -0.2) is 0 Å². The number of pyridine rings is 1. The molecule has 1 aliphatic rings. The van der Waals surface area contributed by atoms with E-state index in [-0.39, 0.29) is 5.91 Å². The van der Waals surface area contributed by atoms with Crippen molar-refractivity contribution in [2.24, 2.45) is 0 Å². The van der Waals surface area contributed by atoms with Gasteiger partial charge in [-0.15, -0.1) is 0 Å². The number of anilines is 1. The van der Waals surface area contributed by atoms with Crippen LogP contribution in [0.25, 0.3) is 11.3 Å². The molecule has 1 amide bonds. The van der Waals surface area contributed by atoms with Gasteiger partial charge in [-0.2, -0.15) is 4.37 Å². The molecule has 0 aliphatic heterocycles. The van der Waals surface area contributed by atoms with Gasteiger partial charge in [0.15, 0.2) is 0 Å². The third-order valence-electron chi connectivity index (χ3n) is 4.16. The van der Waals surface area contributed by atoms with Crippen molar-refractivity contribution in [1.29, 1.82) is 0 Å². The molecular formula is C19H17N3OS. The van der Waals surface area contributed by atoms with Crippen LogP contribution in [0.1, 0.15) is 40.5 Å². The Labute approximate surface area is 144 Å². The number of aryl methyl sites for hydroxylation is 1. The van der Waals surface area contributed by atoms with Crippen LogP contribution in [0.2, 0.25) is 0 Å². The average molecular weight is 335 g/mol. The first-order valence-electron chi connectivity index (χ1n) is 8.02. The fourth-order valence-corrected chi connectivity index (χ4v) is 3.34. The molecule has 4 nitrogen and oxygen atoms in total. The van der Waals surface area contributed by atoms with E-state index in [0.29, 0.717) is 11.5 Å². The lowest BCUT2D eigenvalue weighted by atomic mass is 10.1. The maximum absolute atomic E-state index is 12.5. The number of carbonyl (C=O) groups is 1.